The Hall–Kier alpha value is -2.74. The number of nitrogens with two attached hydrogens (primary N) is 1. The minimum Gasteiger partial charge on any atom is -0.452 e. The number of hydrogen-bond acceptors (Lipinski definition) is 7. The lowest BCUT2D eigenvalue weighted by molar-refractivity contribution is -0.119. The quantitative estimate of drug-likeness (QED) is 0.548. The molecule has 0 saturated heterocycles. The number of esters is 1. The number of anilines is 1. The molecule has 1 aliphatic rings. The lowest BCUT2D eigenvalue weighted by atomic mass is 10.1. The van der Waals surface area contributed by atoms with Crippen LogP contribution in [0.4, 0.5) is 5.00 Å². The molecule has 0 saturated carbocycles. The van der Waals surface area contributed by atoms with Crippen molar-refractivity contribution in [2.45, 2.75) is 37.0 Å². The van der Waals surface area contributed by atoms with Gasteiger partial charge in [-0.15, -0.1) is 11.3 Å². The number of sulfonamides is 1. The van der Waals surface area contributed by atoms with Crippen molar-refractivity contribution < 1.29 is 22.7 Å². The van der Waals surface area contributed by atoms with E-state index in [1.807, 2.05) is 0 Å². The first kappa shape index (κ1) is 21.0. The van der Waals surface area contributed by atoms with E-state index in [1.54, 1.807) is 0 Å². The van der Waals surface area contributed by atoms with Crippen molar-refractivity contribution in [3.63, 3.8) is 0 Å². The van der Waals surface area contributed by atoms with Gasteiger partial charge < -0.3 is 10.1 Å². The molecule has 0 bridgehead atoms. The first-order valence-corrected chi connectivity index (χ1v) is 11.3. The number of ether oxygens (including phenoxy) is 1. The molecule has 0 aliphatic heterocycles. The summed E-state index contributed by atoms with van der Waals surface area (Å²) in [6.07, 6.45) is 4.94. The van der Waals surface area contributed by atoms with E-state index in [0.717, 1.165) is 42.5 Å². The molecule has 10 heteroatoms. The largest absolute Gasteiger partial charge is 0.452 e. The Balaban J connectivity index is 1.62. The first-order chi connectivity index (χ1) is 13.8. The van der Waals surface area contributed by atoms with Gasteiger partial charge in [-0.3, -0.25) is 4.79 Å². The third kappa shape index (κ3) is 5.00. The maximum atomic E-state index is 12.2. The van der Waals surface area contributed by atoms with Gasteiger partial charge in [-0.05, 0) is 55.5 Å². The predicted octanol–water partition coefficient (Wildman–Crippen LogP) is 2.33. The predicted molar refractivity (Wildman–Crippen MR) is 107 cm³/mol. The van der Waals surface area contributed by atoms with Crippen LogP contribution in [-0.2, 0) is 32.4 Å². The highest BCUT2D eigenvalue weighted by molar-refractivity contribution is 7.89. The number of fused-ring (bicyclic) bond motifs is 1. The van der Waals surface area contributed by atoms with Gasteiger partial charge in [0.2, 0.25) is 10.0 Å². The molecule has 2 aromatic rings. The van der Waals surface area contributed by atoms with Gasteiger partial charge in [0.25, 0.3) is 5.91 Å². The second kappa shape index (κ2) is 8.73. The monoisotopic (exact) mass is 433 g/mol. The molecule has 3 N–H and O–H groups in total. The maximum absolute atomic E-state index is 12.2. The maximum Gasteiger partial charge on any atom is 0.338 e. The zero-order valence-corrected chi connectivity index (χ0v) is 17.1. The summed E-state index contributed by atoms with van der Waals surface area (Å²) < 4.78 is 27.4. The number of thiophene rings is 1. The van der Waals surface area contributed by atoms with Crippen molar-refractivity contribution in [3.05, 3.63) is 45.8 Å². The van der Waals surface area contributed by atoms with Gasteiger partial charge in [-0.1, -0.05) is 6.42 Å². The number of benzene rings is 1. The number of aryl methyl sites for hydroxylation is 1. The molecule has 1 aromatic carbocycles. The highest BCUT2D eigenvalue weighted by Crippen LogP contribution is 2.36. The Kier molecular flexibility index (Phi) is 6.32. The summed E-state index contributed by atoms with van der Waals surface area (Å²) in [6, 6.07) is 7.05. The smallest absolute Gasteiger partial charge is 0.338 e. The Morgan fingerprint density at radius 3 is 2.52 bits per heavy atom. The lowest BCUT2D eigenvalue weighted by Crippen LogP contribution is -2.21. The summed E-state index contributed by atoms with van der Waals surface area (Å²) in [5, 5.41) is 17.6. The number of rotatable bonds is 5. The fourth-order valence-electron chi connectivity index (χ4n) is 3.11. The second-order valence-corrected chi connectivity index (χ2v) is 9.24. The molecule has 1 aliphatic carbocycles. The van der Waals surface area contributed by atoms with Crippen molar-refractivity contribution in [2.75, 3.05) is 11.9 Å². The van der Waals surface area contributed by atoms with E-state index in [2.05, 4.69) is 11.4 Å². The first-order valence-electron chi connectivity index (χ1n) is 8.94. The zero-order chi connectivity index (χ0) is 21.0. The number of primary sulfonamides is 1. The van der Waals surface area contributed by atoms with E-state index in [1.165, 1.54) is 35.6 Å². The van der Waals surface area contributed by atoms with Crippen molar-refractivity contribution in [3.8, 4) is 6.07 Å². The highest BCUT2D eigenvalue weighted by atomic mass is 32.2. The van der Waals surface area contributed by atoms with Crippen LogP contribution in [0.1, 0.15) is 45.6 Å². The van der Waals surface area contributed by atoms with Gasteiger partial charge in [0.1, 0.15) is 11.1 Å². The number of carbonyl (C=O) groups excluding carboxylic acids is 2. The van der Waals surface area contributed by atoms with E-state index >= 15 is 0 Å². The summed E-state index contributed by atoms with van der Waals surface area (Å²) >= 11 is 1.40. The summed E-state index contributed by atoms with van der Waals surface area (Å²) in [7, 11) is -3.86. The Bertz CT molecular complexity index is 1080. The van der Waals surface area contributed by atoms with Crippen LogP contribution in [0.25, 0.3) is 0 Å². The fraction of sp³-hybridized carbons (Fsp3) is 0.316. The van der Waals surface area contributed by atoms with Gasteiger partial charge in [0.05, 0.1) is 16.0 Å². The lowest BCUT2D eigenvalue weighted by Gasteiger charge is -2.06. The summed E-state index contributed by atoms with van der Waals surface area (Å²) in [4.78, 5) is 25.2. The summed E-state index contributed by atoms with van der Waals surface area (Å²) in [5.74, 6) is -1.32. The third-order valence-electron chi connectivity index (χ3n) is 4.54. The number of amides is 1. The number of nitrogens with zero attached hydrogens (tertiary/aromatic N) is 1. The topological polar surface area (TPSA) is 139 Å². The second-order valence-electron chi connectivity index (χ2n) is 6.57. The Morgan fingerprint density at radius 2 is 1.86 bits per heavy atom. The third-order valence-corrected chi connectivity index (χ3v) is 6.68. The van der Waals surface area contributed by atoms with Crippen LogP contribution in [-0.4, -0.2) is 26.9 Å². The Labute approximate surface area is 172 Å². The molecule has 0 spiro atoms. The molecule has 0 fully saturated rings. The van der Waals surface area contributed by atoms with Crippen LogP contribution in [0, 0.1) is 11.3 Å². The normalized spacial score (nSPS) is 13.7. The van der Waals surface area contributed by atoms with Crippen LogP contribution >= 0.6 is 11.3 Å². The average Bonchev–Trinajstić information content (AvgIpc) is 2.84. The van der Waals surface area contributed by atoms with Gasteiger partial charge in [-0.25, -0.2) is 18.4 Å². The zero-order valence-electron chi connectivity index (χ0n) is 15.4. The van der Waals surface area contributed by atoms with Crippen LogP contribution < -0.4 is 10.5 Å². The number of nitrogens with one attached hydrogen (secondary N) is 1. The van der Waals surface area contributed by atoms with Crippen LogP contribution in [0.15, 0.2) is 29.2 Å². The number of carbonyl (C=O) groups is 2. The summed E-state index contributed by atoms with van der Waals surface area (Å²) in [5.41, 5.74) is 1.59. The molecule has 0 unspecified atom stereocenters. The van der Waals surface area contributed by atoms with E-state index < -0.39 is 28.5 Å². The molecule has 0 atom stereocenters. The van der Waals surface area contributed by atoms with Crippen molar-refractivity contribution >= 4 is 38.2 Å². The van der Waals surface area contributed by atoms with Gasteiger partial charge >= 0.3 is 5.97 Å². The molecule has 0 radical (unpaired) electrons. The minimum absolute atomic E-state index is 0.0887. The Morgan fingerprint density at radius 1 is 1.17 bits per heavy atom. The molecule has 152 valence electrons. The molecule has 1 amide bonds. The van der Waals surface area contributed by atoms with E-state index in [-0.39, 0.29) is 10.5 Å². The SMILES string of the molecule is N#Cc1c(NC(=O)COC(=O)c2ccc(S(N)(=O)=O)cc2)sc2c1CCCCC2. The molecule has 29 heavy (non-hydrogen) atoms. The van der Waals surface area contributed by atoms with Crippen molar-refractivity contribution in [1.29, 1.82) is 5.26 Å². The number of nitriles is 1. The standard InChI is InChI=1S/C19H19N3O5S2/c20-10-15-14-4-2-1-3-5-16(14)28-18(15)22-17(23)11-27-19(24)12-6-8-13(9-7-12)29(21,25)26/h6-9H,1-5,11H2,(H,22,23)(H2,21,25,26). The average molecular weight is 434 g/mol. The molecular formula is C19H19N3O5S2. The van der Waals surface area contributed by atoms with Gasteiger partial charge in [0.15, 0.2) is 6.61 Å². The molecule has 1 heterocycles. The number of hydrogen-bond donors (Lipinski definition) is 2. The van der Waals surface area contributed by atoms with E-state index in [4.69, 9.17) is 9.88 Å². The summed E-state index contributed by atoms with van der Waals surface area (Å²) in [6.45, 7) is -0.525. The molecular weight excluding hydrogens is 414 g/mol. The fourth-order valence-corrected chi connectivity index (χ4v) is 4.88. The molecule has 3 rings (SSSR count). The van der Waals surface area contributed by atoms with Crippen molar-refractivity contribution in [1.82, 2.24) is 0 Å². The van der Waals surface area contributed by atoms with E-state index in [0.29, 0.717) is 10.6 Å². The van der Waals surface area contributed by atoms with Crippen molar-refractivity contribution in [2.24, 2.45) is 5.14 Å². The van der Waals surface area contributed by atoms with Crippen LogP contribution in [0.2, 0.25) is 0 Å². The highest BCUT2D eigenvalue weighted by Gasteiger charge is 2.21. The molecule has 1 aromatic heterocycles. The van der Waals surface area contributed by atoms with E-state index in [9.17, 15) is 23.3 Å². The van der Waals surface area contributed by atoms with Gasteiger partial charge in [0, 0.05) is 4.88 Å². The van der Waals surface area contributed by atoms with Gasteiger partial charge in [-0.2, -0.15) is 5.26 Å². The minimum atomic E-state index is -3.86. The van der Waals surface area contributed by atoms with Crippen LogP contribution in [0.5, 0.6) is 0 Å². The molecule has 8 nitrogen and oxygen atoms in total. The van der Waals surface area contributed by atoms with Crippen LogP contribution in [0.3, 0.4) is 0 Å².